The molecule has 0 heterocycles. The average molecular weight is 632 g/mol. The molecule has 0 aliphatic carbocycles. The molecule has 13 heteroatoms. The predicted molar refractivity (Wildman–Crippen MR) is 153 cm³/mol. The molecule has 0 fully saturated rings. The van der Waals surface area contributed by atoms with Gasteiger partial charge in [-0.3, -0.25) is 13.9 Å². The molecule has 1 N–H and O–H groups in total. The van der Waals surface area contributed by atoms with Crippen molar-refractivity contribution in [3.63, 3.8) is 0 Å². The molecule has 7 nitrogen and oxygen atoms in total. The molecule has 204 valence electrons. The monoisotopic (exact) mass is 629 g/mol. The normalized spacial score (nSPS) is 13.1. The number of nitrogens with zero attached hydrogens (tertiary/aromatic N) is 2. The largest absolute Gasteiger partial charge is 0.352 e. The van der Waals surface area contributed by atoms with Gasteiger partial charge in [0.1, 0.15) is 12.6 Å². The Balaban J connectivity index is 2.54. The molecule has 2 amide bonds. The zero-order chi connectivity index (χ0) is 28.1. The maximum absolute atomic E-state index is 13.7. The van der Waals surface area contributed by atoms with Crippen LogP contribution in [0.5, 0.6) is 0 Å². The summed E-state index contributed by atoms with van der Waals surface area (Å²) in [4.78, 5) is 28.2. The first-order chi connectivity index (χ1) is 17.2. The quantitative estimate of drug-likeness (QED) is 0.289. The molecule has 0 saturated carbocycles. The third kappa shape index (κ3) is 8.53. The number of nitrogens with one attached hydrogen (secondary N) is 1. The minimum Gasteiger partial charge on any atom is -0.352 e. The number of hydrogen-bond acceptors (Lipinski definition) is 4. The van der Waals surface area contributed by atoms with Gasteiger partial charge in [0, 0.05) is 22.6 Å². The van der Waals surface area contributed by atoms with Crippen LogP contribution in [0.2, 0.25) is 25.1 Å². The van der Waals surface area contributed by atoms with E-state index in [1.165, 1.54) is 23.1 Å². The maximum atomic E-state index is 13.7. The van der Waals surface area contributed by atoms with E-state index in [1.807, 2.05) is 13.8 Å². The fourth-order valence-electron chi connectivity index (χ4n) is 3.49. The molecular formula is C24H28Cl5N3O4S. The lowest BCUT2D eigenvalue weighted by Gasteiger charge is -2.33. The summed E-state index contributed by atoms with van der Waals surface area (Å²) >= 11 is 30.8. The van der Waals surface area contributed by atoms with Crippen molar-refractivity contribution >= 4 is 85.5 Å². The van der Waals surface area contributed by atoms with Gasteiger partial charge in [-0.2, -0.15) is 0 Å². The molecule has 0 bridgehead atoms. The summed E-state index contributed by atoms with van der Waals surface area (Å²) in [6, 6.07) is 6.33. The zero-order valence-corrected chi connectivity index (χ0v) is 25.3. The van der Waals surface area contributed by atoms with Crippen LogP contribution in [0.15, 0.2) is 30.3 Å². The van der Waals surface area contributed by atoms with Gasteiger partial charge in [-0.05, 0) is 49.6 Å². The maximum Gasteiger partial charge on any atom is 0.244 e. The van der Waals surface area contributed by atoms with E-state index in [2.05, 4.69) is 5.32 Å². The van der Waals surface area contributed by atoms with Crippen molar-refractivity contribution in [3.05, 3.63) is 61.0 Å². The Hall–Kier alpha value is -1.42. The van der Waals surface area contributed by atoms with E-state index in [1.54, 1.807) is 19.1 Å². The summed E-state index contributed by atoms with van der Waals surface area (Å²) in [6.07, 6.45) is 1.90. The SMILES string of the molecule is CCC(C)NC(=O)C(CC)N(Cc1ccc(Cl)cc1Cl)C(=O)CN(c1cc(Cl)c(Cl)cc1Cl)S(C)(=O)=O. The van der Waals surface area contributed by atoms with Gasteiger partial charge in [-0.25, -0.2) is 8.42 Å². The van der Waals surface area contributed by atoms with Crippen molar-refractivity contribution < 1.29 is 18.0 Å². The first-order valence-electron chi connectivity index (χ1n) is 11.4. The number of benzene rings is 2. The molecule has 0 aliphatic heterocycles. The smallest absolute Gasteiger partial charge is 0.244 e. The van der Waals surface area contributed by atoms with Crippen molar-refractivity contribution in [2.75, 3.05) is 17.1 Å². The van der Waals surface area contributed by atoms with Crippen LogP contribution in [0.3, 0.4) is 0 Å². The zero-order valence-electron chi connectivity index (χ0n) is 20.7. The molecule has 0 radical (unpaired) electrons. The molecule has 0 aromatic heterocycles. The van der Waals surface area contributed by atoms with Gasteiger partial charge >= 0.3 is 0 Å². The number of sulfonamides is 1. The average Bonchev–Trinajstić information content (AvgIpc) is 2.80. The van der Waals surface area contributed by atoms with Gasteiger partial charge in [-0.15, -0.1) is 0 Å². The number of rotatable bonds is 11. The highest BCUT2D eigenvalue weighted by atomic mass is 35.5. The molecule has 2 aromatic carbocycles. The van der Waals surface area contributed by atoms with Crippen LogP contribution < -0.4 is 9.62 Å². The minimum absolute atomic E-state index is 0.0125. The van der Waals surface area contributed by atoms with Crippen LogP contribution in [0.4, 0.5) is 5.69 Å². The van der Waals surface area contributed by atoms with E-state index < -0.39 is 28.5 Å². The van der Waals surface area contributed by atoms with Gasteiger partial charge in [0.2, 0.25) is 21.8 Å². The van der Waals surface area contributed by atoms with E-state index in [-0.39, 0.29) is 45.7 Å². The summed E-state index contributed by atoms with van der Waals surface area (Å²) in [5, 5.41) is 3.78. The molecular weight excluding hydrogens is 604 g/mol. The number of halogens is 5. The van der Waals surface area contributed by atoms with Crippen LogP contribution in [0.1, 0.15) is 39.2 Å². The van der Waals surface area contributed by atoms with E-state index in [4.69, 9.17) is 58.0 Å². The van der Waals surface area contributed by atoms with E-state index in [0.717, 1.165) is 10.6 Å². The lowest BCUT2D eigenvalue weighted by molar-refractivity contribution is -0.140. The van der Waals surface area contributed by atoms with E-state index in [9.17, 15) is 18.0 Å². The van der Waals surface area contributed by atoms with Crippen molar-refractivity contribution in [1.82, 2.24) is 10.2 Å². The number of carbonyl (C=O) groups excluding carboxylic acids is 2. The number of carbonyl (C=O) groups is 2. The number of anilines is 1. The lowest BCUT2D eigenvalue weighted by Crippen LogP contribution is -2.53. The summed E-state index contributed by atoms with van der Waals surface area (Å²) < 4.78 is 26.3. The Morgan fingerprint density at radius 2 is 1.54 bits per heavy atom. The summed E-state index contributed by atoms with van der Waals surface area (Å²) in [7, 11) is -4.01. The lowest BCUT2D eigenvalue weighted by atomic mass is 10.1. The standard InChI is InChI=1S/C24H28Cl5N3O4S/c1-5-14(3)30-24(34)21(6-2)31(12-15-7-8-16(25)9-17(15)26)23(33)13-32(37(4,35)36)22-11-19(28)18(27)10-20(22)29/h7-11,14,21H,5-6,12-13H2,1-4H3,(H,30,34). The molecule has 0 aliphatic rings. The van der Waals surface area contributed by atoms with Crippen molar-refractivity contribution in [2.45, 2.75) is 52.2 Å². The van der Waals surface area contributed by atoms with Gasteiger partial charge in [0.15, 0.2) is 0 Å². The Bertz CT molecular complexity index is 1260. The van der Waals surface area contributed by atoms with Crippen LogP contribution in [0, 0.1) is 0 Å². The first-order valence-corrected chi connectivity index (χ1v) is 15.1. The predicted octanol–water partition coefficient (Wildman–Crippen LogP) is 6.44. The van der Waals surface area contributed by atoms with Crippen LogP contribution >= 0.6 is 58.0 Å². The highest BCUT2D eigenvalue weighted by Gasteiger charge is 2.33. The fraction of sp³-hybridized carbons (Fsp3) is 0.417. The van der Waals surface area contributed by atoms with E-state index in [0.29, 0.717) is 22.0 Å². The highest BCUT2D eigenvalue weighted by molar-refractivity contribution is 7.92. The fourth-order valence-corrected chi connectivity index (χ4v) is 5.51. The van der Waals surface area contributed by atoms with Gasteiger partial charge < -0.3 is 10.2 Å². The van der Waals surface area contributed by atoms with Gasteiger partial charge in [0.25, 0.3) is 0 Å². The third-order valence-corrected chi connectivity index (χ3v) is 8.42. The third-order valence-electron chi connectivity index (χ3n) is 5.68. The summed E-state index contributed by atoms with van der Waals surface area (Å²) in [5.74, 6) is -1.02. The van der Waals surface area contributed by atoms with E-state index >= 15 is 0 Å². The highest BCUT2D eigenvalue weighted by Crippen LogP contribution is 2.36. The molecule has 0 spiro atoms. The van der Waals surface area contributed by atoms with Crippen LogP contribution in [0.25, 0.3) is 0 Å². The molecule has 37 heavy (non-hydrogen) atoms. The van der Waals surface area contributed by atoms with Gasteiger partial charge in [-0.1, -0.05) is 77.9 Å². The van der Waals surface area contributed by atoms with Crippen molar-refractivity contribution in [3.8, 4) is 0 Å². The number of hydrogen-bond donors (Lipinski definition) is 1. The summed E-state index contributed by atoms with van der Waals surface area (Å²) in [6.45, 7) is 4.83. The molecule has 2 unspecified atom stereocenters. The molecule has 2 atom stereocenters. The second-order valence-corrected chi connectivity index (χ2v) is 12.5. The first kappa shape index (κ1) is 31.8. The van der Waals surface area contributed by atoms with Gasteiger partial charge in [0.05, 0.1) is 27.0 Å². The molecule has 2 aromatic rings. The Labute approximate surface area is 243 Å². The Morgan fingerprint density at radius 1 is 0.919 bits per heavy atom. The molecule has 2 rings (SSSR count). The minimum atomic E-state index is -4.01. The second-order valence-electron chi connectivity index (χ2n) is 8.49. The number of amides is 2. The second kappa shape index (κ2) is 13.6. The van der Waals surface area contributed by atoms with Crippen molar-refractivity contribution in [2.24, 2.45) is 0 Å². The molecule has 0 saturated heterocycles. The Kier molecular flexibility index (Phi) is 11.7. The topological polar surface area (TPSA) is 86.8 Å². The summed E-state index contributed by atoms with van der Waals surface area (Å²) in [5.41, 5.74) is 0.515. The Morgan fingerprint density at radius 3 is 2.08 bits per heavy atom. The van der Waals surface area contributed by atoms with Crippen LogP contribution in [-0.2, 0) is 26.2 Å². The van der Waals surface area contributed by atoms with Crippen LogP contribution in [-0.4, -0.2) is 50.0 Å². The van der Waals surface area contributed by atoms with Crippen molar-refractivity contribution in [1.29, 1.82) is 0 Å².